The van der Waals surface area contributed by atoms with Gasteiger partial charge < -0.3 is 15.0 Å². The van der Waals surface area contributed by atoms with Gasteiger partial charge in [-0.25, -0.2) is 9.37 Å². The molecule has 3 heterocycles. The Bertz CT molecular complexity index is 757. The fraction of sp³-hybridized carbons (Fsp3) is 0.556. The summed E-state index contributed by atoms with van der Waals surface area (Å²) in [6, 6.07) is 4.80. The number of nitrogens with zero attached hydrogens (tertiary/aromatic N) is 2. The number of rotatable bonds is 5. The lowest BCUT2D eigenvalue weighted by atomic mass is 10.1. The number of likely N-dealkylation sites (tertiary alicyclic amines) is 1. The number of halogens is 1. The van der Waals surface area contributed by atoms with E-state index in [1.807, 2.05) is 0 Å². The highest BCUT2D eigenvalue weighted by Gasteiger charge is 2.35. The van der Waals surface area contributed by atoms with Gasteiger partial charge in [-0.2, -0.15) is 0 Å². The second kappa shape index (κ2) is 7.09. The molecule has 2 aliphatic heterocycles. The Morgan fingerprint density at radius 1 is 1.36 bits per heavy atom. The van der Waals surface area contributed by atoms with E-state index in [4.69, 9.17) is 4.74 Å². The molecule has 4 rings (SSSR count). The maximum absolute atomic E-state index is 13.2. The Kier molecular flexibility index (Phi) is 4.67. The molecule has 25 heavy (non-hydrogen) atoms. The van der Waals surface area contributed by atoms with Crippen molar-refractivity contribution in [3.63, 3.8) is 0 Å². The Hall–Kier alpha value is -1.99. The first-order chi connectivity index (χ1) is 12.2. The summed E-state index contributed by atoms with van der Waals surface area (Å²) in [7, 11) is 0. The third-order valence-corrected chi connectivity index (χ3v) is 5.09. The molecule has 2 saturated heterocycles. The van der Waals surface area contributed by atoms with Gasteiger partial charge >= 0.3 is 0 Å². The zero-order valence-corrected chi connectivity index (χ0v) is 14.1. The van der Waals surface area contributed by atoms with Crippen LogP contribution in [-0.4, -0.2) is 59.2 Å². The summed E-state index contributed by atoms with van der Waals surface area (Å²) >= 11 is 0. The molecule has 1 aromatic heterocycles. The zero-order valence-electron chi connectivity index (χ0n) is 14.1. The van der Waals surface area contributed by atoms with Crippen LogP contribution in [0.3, 0.4) is 0 Å². The number of H-pyrrole nitrogens is 1. The van der Waals surface area contributed by atoms with Gasteiger partial charge in [0.1, 0.15) is 11.6 Å². The van der Waals surface area contributed by atoms with Crippen LogP contribution in [0.15, 0.2) is 18.2 Å². The minimum absolute atomic E-state index is 0.00586. The summed E-state index contributed by atoms with van der Waals surface area (Å²) in [5.74, 6) is 0.412. The lowest BCUT2D eigenvalue weighted by molar-refractivity contribution is -0.122. The highest BCUT2D eigenvalue weighted by atomic mass is 19.1. The van der Waals surface area contributed by atoms with E-state index >= 15 is 0 Å². The molecule has 2 atom stereocenters. The van der Waals surface area contributed by atoms with E-state index < -0.39 is 0 Å². The van der Waals surface area contributed by atoms with E-state index in [0.29, 0.717) is 43.4 Å². The first-order valence-corrected chi connectivity index (χ1v) is 8.94. The van der Waals surface area contributed by atoms with E-state index in [0.717, 1.165) is 18.6 Å². The molecule has 0 aliphatic carbocycles. The highest BCUT2D eigenvalue weighted by molar-refractivity contribution is 5.77. The van der Waals surface area contributed by atoms with Crippen molar-refractivity contribution in [3.8, 4) is 0 Å². The second-order valence-corrected chi connectivity index (χ2v) is 6.87. The van der Waals surface area contributed by atoms with Gasteiger partial charge in [-0.1, -0.05) is 0 Å². The lowest BCUT2D eigenvalue weighted by Crippen LogP contribution is -2.50. The van der Waals surface area contributed by atoms with Gasteiger partial charge in [-0.15, -0.1) is 0 Å². The molecule has 2 N–H and O–H groups in total. The Morgan fingerprint density at radius 2 is 2.20 bits per heavy atom. The van der Waals surface area contributed by atoms with Gasteiger partial charge in [0.25, 0.3) is 0 Å². The topological polar surface area (TPSA) is 70.2 Å². The van der Waals surface area contributed by atoms with Gasteiger partial charge in [0, 0.05) is 12.8 Å². The molecule has 2 aromatic rings. The number of imidazole rings is 1. The van der Waals surface area contributed by atoms with Crippen molar-refractivity contribution in [2.75, 3.05) is 26.3 Å². The molecule has 0 spiro atoms. The van der Waals surface area contributed by atoms with Crippen LogP contribution in [0.1, 0.15) is 25.1 Å². The van der Waals surface area contributed by atoms with Crippen molar-refractivity contribution in [2.45, 2.75) is 37.8 Å². The van der Waals surface area contributed by atoms with E-state index in [9.17, 15) is 9.18 Å². The Morgan fingerprint density at radius 3 is 3.04 bits per heavy atom. The number of ether oxygens (including phenoxy) is 1. The molecular formula is C18H23FN4O2. The second-order valence-electron chi connectivity index (χ2n) is 6.87. The maximum Gasteiger partial charge on any atom is 0.220 e. The minimum Gasteiger partial charge on any atom is -0.378 e. The van der Waals surface area contributed by atoms with Crippen molar-refractivity contribution < 1.29 is 13.9 Å². The van der Waals surface area contributed by atoms with Crippen molar-refractivity contribution >= 4 is 16.9 Å². The monoisotopic (exact) mass is 346 g/mol. The number of carbonyl (C=O) groups is 1. The largest absolute Gasteiger partial charge is 0.378 e. The van der Waals surface area contributed by atoms with Crippen LogP contribution in [0.25, 0.3) is 11.0 Å². The van der Waals surface area contributed by atoms with Crippen molar-refractivity contribution in [2.24, 2.45) is 0 Å². The van der Waals surface area contributed by atoms with Gasteiger partial charge in [-0.3, -0.25) is 9.69 Å². The highest BCUT2D eigenvalue weighted by Crippen LogP contribution is 2.19. The molecule has 1 aromatic carbocycles. The average molecular weight is 346 g/mol. The standard InChI is InChI=1S/C18H23FN4O2/c19-12-3-4-13-14(9-12)21-17(20-13)5-6-18(24)22-15-10-25-11-16(15)23-7-1-2-8-23/h3-4,9,15-16H,1-2,5-8,10-11H2,(H,20,21)(H,22,24)/t15-,16-/m1/s1. The number of amides is 1. The maximum atomic E-state index is 13.2. The van der Waals surface area contributed by atoms with Gasteiger partial charge in [-0.05, 0) is 44.1 Å². The minimum atomic E-state index is -0.297. The summed E-state index contributed by atoms with van der Waals surface area (Å²) in [4.78, 5) is 22.2. The van der Waals surface area contributed by atoms with Crippen LogP contribution in [0, 0.1) is 5.82 Å². The predicted octanol–water partition coefficient (Wildman–Crippen LogP) is 1.61. The normalized spacial score (nSPS) is 24.2. The zero-order chi connectivity index (χ0) is 17.2. The van der Waals surface area contributed by atoms with E-state index in [1.165, 1.54) is 25.0 Å². The Balaban J connectivity index is 1.32. The van der Waals surface area contributed by atoms with Crippen LogP contribution in [-0.2, 0) is 16.0 Å². The molecule has 0 radical (unpaired) electrons. The molecule has 134 valence electrons. The molecule has 2 fully saturated rings. The third kappa shape index (κ3) is 3.67. The number of nitrogens with one attached hydrogen (secondary N) is 2. The van der Waals surface area contributed by atoms with E-state index in [1.54, 1.807) is 6.07 Å². The van der Waals surface area contributed by atoms with E-state index in [2.05, 4.69) is 20.2 Å². The SMILES string of the molecule is O=C(CCc1nc2ccc(F)cc2[nH]1)N[C@@H]1COC[C@H]1N1CCCC1. The van der Waals surface area contributed by atoms with E-state index in [-0.39, 0.29) is 17.8 Å². The molecule has 0 saturated carbocycles. The van der Waals surface area contributed by atoms with Crippen LogP contribution in [0.4, 0.5) is 4.39 Å². The first-order valence-electron chi connectivity index (χ1n) is 8.94. The van der Waals surface area contributed by atoms with Crippen LogP contribution in [0.2, 0.25) is 0 Å². The van der Waals surface area contributed by atoms with Crippen molar-refractivity contribution in [3.05, 3.63) is 29.8 Å². The fourth-order valence-corrected chi connectivity index (χ4v) is 3.78. The lowest BCUT2D eigenvalue weighted by Gasteiger charge is -2.27. The molecule has 1 amide bonds. The molecule has 0 unspecified atom stereocenters. The molecule has 0 bridgehead atoms. The smallest absolute Gasteiger partial charge is 0.220 e. The Labute approximate surface area is 145 Å². The van der Waals surface area contributed by atoms with Gasteiger partial charge in [0.05, 0.1) is 36.3 Å². The quantitative estimate of drug-likeness (QED) is 0.863. The van der Waals surface area contributed by atoms with Crippen molar-refractivity contribution in [1.82, 2.24) is 20.2 Å². The predicted molar refractivity (Wildman–Crippen MR) is 91.7 cm³/mol. The number of aryl methyl sites for hydroxylation is 1. The number of aromatic amines is 1. The van der Waals surface area contributed by atoms with Crippen LogP contribution < -0.4 is 5.32 Å². The summed E-state index contributed by atoms with van der Waals surface area (Å²) in [6.07, 6.45) is 3.31. The van der Waals surface area contributed by atoms with Gasteiger partial charge in [0.15, 0.2) is 0 Å². The number of benzene rings is 1. The number of aromatic nitrogens is 2. The van der Waals surface area contributed by atoms with Crippen molar-refractivity contribution in [1.29, 1.82) is 0 Å². The number of carbonyl (C=O) groups excluding carboxylic acids is 1. The van der Waals surface area contributed by atoms with Crippen LogP contribution >= 0.6 is 0 Å². The van der Waals surface area contributed by atoms with Gasteiger partial charge in [0.2, 0.25) is 5.91 Å². The summed E-state index contributed by atoms with van der Waals surface area (Å²) in [6.45, 7) is 3.46. The molecule has 7 heteroatoms. The summed E-state index contributed by atoms with van der Waals surface area (Å²) in [5, 5.41) is 3.11. The molecular weight excluding hydrogens is 323 g/mol. The number of hydrogen-bond acceptors (Lipinski definition) is 4. The average Bonchev–Trinajstić information content (AvgIpc) is 3.32. The third-order valence-electron chi connectivity index (χ3n) is 5.09. The summed E-state index contributed by atoms with van der Waals surface area (Å²) in [5.41, 5.74) is 1.38. The molecule has 6 nitrogen and oxygen atoms in total. The summed E-state index contributed by atoms with van der Waals surface area (Å²) < 4.78 is 18.8. The fourth-order valence-electron chi connectivity index (χ4n) is 3.78. The number of fused-ring (bicyclic) bond motifs is 1. The number of hydrogen-bond donors (Lipinski definition) is 2. The van der Waals surface area contributed by atoms with Crippen LogP contribution in [0.5, 0.6) is 0 Å². The first kappa shape index (κ1) is 16.5. The molecule has 2 aliphatic rings.